The maximum atomic E-state index is 10.6. The normalized spacial score (nSPS) is 32.1. The summed E-state index contributed by atoms with van der Waals surface area (Å²) in [5.41, 5.74) is 0.753. The Morgan fingerprint density at radius 1 is 1.46 bits per heavy atom. The number of hydrogen-bond donors (Lipinski definition) is 0. The molecule has 13 heavy (non-hydrogen) atoms. The smallest absolute Gasteiger partial charge is 0.270 e. The van der Waals surface area contributed by atoms with Crippen molar-refractivity contribution in [2.75, 3.05) is 6.79 Å². The van der Waals surface area contributed by atoms with Crippen LogP contribution in [0.5, 0.6) is 0 Å². The van der Waals surface area contributed by atoms with Gasteiger partial charge in [-0.15, -0.1) is 0 Å². The molecule has 1 aliphatic carbocycles. The molecule has 1 fully saturated rings. The summed E-state index contributed by atoms with van der Waals surface area (Å²) >= 11 is 0. The van der Waals surface area contributed by atoms with Gasteiger partial charge in [0.15, 0.2) is 0 Å². The van der Waals surface area contributed by atoms with E-state index in [0.29, 0.717) is 5.57 Å². The molecule has 5 nitrogen and oxygen atoms in total. The van der Waals surface area contributed by atoms with Crippen molar-refractivity contribution in [3.8, 4) is 0 Å². The molecule has 0 radical (unpaired) electrons. The van der Waals surface area contributed by atoms with Crippen LogP contribution in [0.3, 0.4) is 0 Å². The molecule has 2 aliphatic rings. The molecular weight excluding hydrogens is 174 g/mol. The van der Waals surface area contributed by atoms with Crippen LogP contribution in [0.4, 0.5) is 0 Å². The Hall–Kier alpha value is -1.20. The van der Waals surface area contributed by atoms with Crippen LogP contribution in [0.1, 0.15) is 6.92 Å². The van der Waals surface area contributed by atoms with Gasteiger partial charge in [0.2, 0.25) is 0 Å². The molecule has 2 atom stereocenters. The van der Waals surface area contributed by atoms with Crippen molar-refractivity contribution in [3.05, 3.63) is 33.5 Å². The van der Waals surface area contributed by atoms with Crippen LogP contribution < -0.4 is 0 Å². The second-order valence-electron chi connectivity index (χ2n) is 3.04. The Morgan fingerprint density at radius 3 is 2.69 bits per heavy atom. The molecular formula is C8H9NO4. The molecule has 0 aromatic heterocycles. The van der Waals surface area contributed by atoms with Crippen molar-refractivity contribution >= 4 is 0 Å². The van der Waals surface area contributed by atoms with E-state index in [1.807, 2.05) is 0 Å². The van der Waals surface area contributed by atoms with E-state index in [4.69, 9.17) is 9.47 Å². The highest BCUT2D eigenvalue weighted by molar-refractivity contribution is 5.31. The first-order chi connectivity index (χ1) is 6.18. The molecule has 0 amide bonds. The summed E-state index contributed by atoms with van der Waals surface area (Å²) in [6.45, 7) is 1.91. The molecule has 70 valence electrons. The lowest BCUT2D eigenvalue weighted by atomic mass is 10.0. The fraction of sp³-hybridized carbons (Fsp3) is 0.500. The Kier molecular flexibility index (Phi) is 1.90. The molecule has 0 bridgehead atoms. The van der Waals surface area contributed by atoms with E-state index in [2.05, 4.69) is 0 Å². The average molecular weight is 183 g/mol. The highest BCUT2D eigenvalue weighted by Crippen LogP contribution is 2.26. The minimum absolute atomic E-state index is 0.117. The first-order valence-electron chi connectivity index (χ1n) is 3.96. The Morgan fingerprint density at radius 2 is 2.08 bits per heavy atom. The summed E-state index contributed by atoms with van der Waals surface area (Å²) in [5, 5.41) is 10.6. The van der Waals surface area contributed by atoms with Gasteiger partial charge in [-0.3, -0.25) is 10.1 Å². The first-order valence-corrected chi connectivity index (χ1v) is 3.96. The molecule has 2 rings (SSSR count). The van der Waals surface area contributed by atoms with Crippen LogP contribution in [0.25, 0.3) is 0 Å². The monoisotopic (exact) mass is 183 g/mol. The van der Waals surface area contributed by atoms with Gasteiger partial charge in [0.1, 0.15) is 19.0 Å². The largest absolute Gasteiger partial charge is 0.345 e. The van der Waals surface area contributed by atoms with Crippen LogP contribution in [0.15, 0.2) is 23.4 Å². The van der Waals surface area contributed by atoms with Crippen LogP contribution >= 0.6 is 0 Å². The first kappa shape index (κ1) is 8.40. The van der Waals surface area contributed by atoms with E-state index in [1.54, 1.807) is 13.0 Å². The predicted octanol–water partition coefficient (Wildman–Crippen LogP) is 0.848. The number of hydrogen-bond acceptors (Lipinski definition) is 4. The molecule has 0 aromatic rings. The zero-order chi connectivity index (χ0) is 9.42. The van der Waals surface area contributed by atoms with Crippen molar-refractivity contribution in [1.82, 2.24) is 0 Å². The number of nitro groups is 1. The summed E-state index contributed by atoms with van der Waals surface area (Å²) in [6.07, 6.45) is 2.80. The van der Waals surface area contributed by atoms with Gasteiger partial charge in [-0.1, -0.05) is 0 Å². The van der Waals surface area contributed by atoms with Gasteiger partial charge in [-0.05, 0) is 13.0 Å². The average Bonchev–Trinajstić information content (AvgIpc) is 2.48. The predicted molar refractivity (Wildman–Crippen MR) is 43.4 cm³/mol. The van der Waals surface area contributed by atoms with Crippen LogP contribution in [-0.4, -0.2) is 23.9 Å². The van der Waals surface area contributed by atoms with E-state index in [0.717, 1.165) is 0 Å². The van der Waals surface area contributed by atoms with Gasteiger partial charge < -0.3 is 9.47 Å². The van der Waals surface area contributed by atoms with Gasteiger partial charge in [0.25, 0.3) is 5.70 Å². The van der Waals surface area contributed by atoms with E-state index in [-0.39, 0.29) is 24.7 Å². The van der Waals surface area contributed by atoms with Crippen LogP contribution in [0, 0.1) is 10.1 Å². The van der Waals surface area contributed by atoms with E-state index in [9.17, 15) is 10.1 Å². The third-order valence-corrected chi connectivity index (χ3v) is 2.18. The number of fused-ring (bicyclic) bond motifs is 1. The number of ether oxygens (including phenoxy) is 2. The third kappa shape index (κ3) is 1.36. The summed E-state index contributed by atoms with van der Waals surface area (Å²) in [7, 11) is 0. The summed E-state index contributed by atoms with van der Waals surface area (Å²) in [6, 6.07) is 0. The molecule has 1 heterocycles. The van der Waals surface area contributed by atoms with Crippen molar-refractivity contribution in [1.29, 1.82) is 0 Å². The fourth-order valence-electron chi connectivity index (χ4n) is 1.50. The second kappa shape index (κ2) is 2.93. The SMILES string of the molecule is CC1=CC2OCOC2C=C1[N+](=O)[O-]. The molecule has 2 unspecified atom stereocenters. The van der Waals surface area contributed by atoms with Crippen LogP contribution in [-0.2, 0) is 9.47 Å². The van der Waals surface area contributed by atoms with E-state index < -0.39 is 4.92 Å². The second-order valence-corrected chi connectivity index (χ2v) is 3.04. The summed E-state index contributed by atoms with van der Waals surface area (Å²) in [5.74, 6) is 0. The van der Waals surface area contributed by atoms with Gasteiger partial charge >= 0.3 is 0 Å². The lowest BCUT2D eigenvalue weighted by Gasteiger charge is -2.14. The lowest BCUT2D eigenvalue weighted by molar-refractivity contribution is -0.421. The van der Waals surface area contributed by atoms with Crippen molar-refractivity contribution in [3.63, 3.8) is 0 Å². The topological polar surface area (TPSA) is 61.6 Å². The van der Waals surface area contributed by atoms with Gasteiger partial charge in [0, 0.05) is 11.6 Å². The number of nitrogens with zero attached hydrogens (tertiary/aromatic N) is 1. The van der Waals surface area contributed by atoms with Crippen LogP contribution in [0.2, 0.25) is 0 Å². The van der Waals surface area contributed by atoms with Gasteiger partial charge in [-0.25, -0.2) is 0 Å². The van der Waals surface area contributed by atoms with Crippen molar-refractivity contribution < 1.29 is 14.4 Å². The molecule has 1 saturated heterocycles. The van der Waals surface area contributed by atoms with Crippen molar-refractivity contribution in [2.45, 2.75) is 19.1 Å². The Bertz CT molecular complexity index is 307. The molecule has 5 heteroatoms. The van der Waals surface area contributed by atoms with Gasteiger partial charge in [0.05, 0.1) is 4.92 Å². The molecule has 0 spiro atoms. The standard InChI is InChI=1S/C8H9NO4/c1-5-2-7-8(13-4-12-7)3-6(5)9(10)11/h2-3,7-8H,4H2,1H3. The molecule has 0 aromatic carbocycles. The molecule has 0 saturated carbocycles. The minimum atomic E-state index is -0.399. The highest BCUT2D eigenvalue weighted by Gasteiger charge is 2.33. The maximum absolute atomic E-state index is 10.6. The van der Waals surface area contributed by atoms with Crippen molar-refractivity contribution in [2.24, 2.45) is 0 Å². The van der Waals surface area contributed by atoms with E-state index >= 15 is 0 Å². The van der Waals surface area contributed by atoms with Gasteiger partial charge in [-0.2, -0.15) is 0 Å². The Balaban J connectivity index is 2.30. The lowest BCUT2D eigenvalue weighted by Crippen LogP contribution is -2.24. The van der Waals surface area contributed by atoms with E-state index in [1.165, 1.54) is 6.08 Å². The zero-order valence-electron chi connectivity index (χ0n) is 7.10. The highest BCUT2D eigenvalue weighted by atomic mass is 16.7. The third-order valence-electron chi connectivity index (χ3n) is 2.18. The zero-order valence-corrected chi connectivity index (χ0v) is 7.10. The number of rotatable bonds is 1. The molecule has 1 aliphatic heterocycles. The molecule has 0 N–H and O–H groups in total. The maximum Gasteiger partial charge on any atom is 0.270 e. The summed E-state index contributed by atoms with van der Waals surface area (Å²) < 4.78 is 10.3. The summed E-state index contributed by atoms with van der Waals surface area (Å²) in [4.78, 5) is 10.2. The fourth-order valence-corrected chi connectivity index (χ4v) is 1.50. The number of allylic oxidation sites excluding steroid dienone is 1. The minimum Gasteiger partial charge on any atom is -0.345 e. The Labute approximate surface area is 74.8 Å². The quantitative estimate of drug-likeness (QED) is 0.446.